The zero-order valence-corrected chi connectivity index (χ0v) is 19.8. The van der Waals surface area contributed by atoms with Crippen LogP contribution in [0, 0.1) is 13.8 Å². The first-order chi connectivity index (χ1) is 13.4. The van der Waals surface area contributed by atoms with Gasteiger partial charge in [0.15, 0.2) is 0 Å². The van der Waals surface area contributed by atoms with Crippen LogP contribution < -0.4 is 0 Å². The van der Waals surface area contributed by atoms with Crippen LogP contribution in [-0.2, 0) is 16.0 Å². The fourth-order valence-electron chi connectivity index (χ4n) is 5.13. The van der Waals surface area contributed by atoms with Gasteiger partial charge in [-0.3, -0.25) is 4.79 Å². The number of hydrogen-bond acceptors (Lipinski definition) is 3. The van der Waals surface area contributed by atoms with Crippen molar-refractivity contribution in [3.8, 4) is 0 Å². The quantitative estimate of drug-likeness (QED) is 0.477. The van der Waals surface area contributed by atoms with E-state index < -0.39 is 7.12 Å². The Morgan fingerprint density at radius 3 is 2.17 bits per heavy atom. The van der Waals surface area contributed by atoms with Crippen LogP contribution >= 0.6 is 0 Å². The number of ether oxygens (including phenoxy) is 1. The number of likely N-dealkylation sites (N-methyl/N-ethyl adjacent to an activating group) is 1. The number of esters is 1. The summed E-state index contributed by atoms with van der Waals surface area (Å²) in [5.41, 5.74) is 8.31. The highest BCUT2D eigenvalue weighted by molar-refractivity contribution is 6.48. The van der Waals surface area contributed by atoms with Crippen molar-refractivity contribution < 1.29 is 13.8 Å². The molecule has 0 bridgehead atoms. The van der Waals surface area contributed by atoms with Crippen LogP contribution in [0.25, 0.3) is 5.57 Å². The second-order valence-electron chi connectivity index (χ2n) is 8.52. The molecule has 0 aliphatic carbocycles. The van der Waals surface area contributed by atoms with E-state index in [0.29, 0.717) is 0 Å². The highest BCUT2D eigenvalue weighted by Crippen LogP contribution is 2.45. The minimum atomic E-state index is -1.17. The second-order valence-corrected chi connectivity index (χ2v) is 8.52. The van der Waals surface area contributed by atoms with Crippen LogP contribution in [0.3, 0.4) is 0 Å². The van der Waals surface area contributed by atoms with Crippen molar-refractivity contribution in [3.05, 3.63) is 39.4 Å². The monoisotopic (exact) mass is 402 g/mol. The van der Waals surface area contributed by atoms with E-state index in [1.807, 2.05) is 13.8 Å². The van der Waals surface area contributed by atoms with Crippen LogP contribution in [0.4, 0.5) is 4.32 Å². The summed E-state index contributed by atoms with van der Waals surface area (Å²) >= 11 is 0. The molecule has 2 heterocycles. The van der Waals surface area contributed by atoms with E-state index in [1.54, 1.807) is 11.3 Å². The van der Waals surface area contributed by atoms with Gasteiger partial charge in [0, 0.05) is 36.6 Å². The summed E-state index contributed by atoms with van der Waals surface area (Å²) in [6.07, 6.45) is 1.77. The maximum Gasteiger partial charge on any atom is 0.462 e. The van der Waals surface area contributed by atoms with Gasteiger partial charge in [0.05, 0.1) is 5.54 Å². The molecule has 29 heavy (non-hydrogen) atoms. The third kappa shape index (κ3) is 3.78. The first kappa shape index (κ1) is 23.3. The van der Waals surface area contributed by atoms with Gasteiger partial charge in [-0.2, -0.15) is 0 Å². The number of carbonyl (C=O) groups is 1. The molecule has 1 aliphatic rings. The molecule has 0 spiro atoms. The summed E-state index contributed by atoms with van der Waals surface area (Å²) in [5, 5.41) is 0. The molecule has 0 amide bonds. The Kier molecular flexibility index (Phi) is 6.76. The molecule has 2 rings (SSSR count). The molecule has 1 aromatic rings. The van der Waals surface area contributed by atoms with Crippen molar-refractivity contribution in [2.75, 3.05) is 13.7 Å². The number of hydrogen-bond donors (Lipinski definition) is 0. The molecular weight excluding hydrogens is 366 g/mol. The molecule has 1 aromatic heterocycles. The second kappa shape index (κ2) is 8.41. The Morgan fingerprint density at radius 2 is 1.76 bits per heavy atom. The lowest BCUT2D eigenvalue weighted by Gasteiger charge is -2.34. The zero-order valence-electron chi connectivity index (χ0n) is 19.8. The van der Waals surface area contributed by atoms with Gasteiger partial charge in [0.2, 0.25) is 0 Å². The predicted octanol–water partition coefficient (Wildman–Crippen LogP) is 5.33. The average molecular weight is 402 g/mol. The van der Waals surface area contributed by atoms with Gasteiger partial charge in [-0.05, 0) is 76.6 Å². The number of halogens is 1. The van der Waals surface area contributed by atoms with Crippen molar-refractivity contribution in [3.63, 3.8) is 0 Å². The number of nitrogens with zero attached hydrogens (tertiary/aromatic N) is 2. The largest absolute Gasteiger partial charge is 0.462 e. The molecule has 0 fully saturated rings. The highest BCUT2D eigenvalue weighted by Gasteiger charge is 2.40. The molecule has 6 heteroatoms. The topological polar surface area (TPSA) is 34.5 Å². The van der Waals surface area contributed by atoms with Crippen LogP contribution in [0.15, 0.2) is 16.8 Å². The van der Waals surface area contributed by atoms with Gasteiger partial charge in [-0.1, -0.05) is 13.8 Å². The molecule has 160 valence electrons. The van der Waals surface area contributed by atoms with E-state index in [9.17, 15) is 9.11 Å². The molecule has 1 aliphatic heterocycles. The summed E-state index contributed by atoms with van der Waals surface area (Å²) in [6.45, 7) is 17.9. The van der Waals surface area contributed by atoms with E-state index in [4.69, 9.17) is 4.74 Å². The number of allylic oxidation sites excluding steroid dienone is 1. The summed E-state index contributed by atoms with van der Waals surface area (Å²) in [7, 11) is 0.899. The summed E-state index contributed by atoms with van der Waals surface area (Å²) in [6, 6.07) is 0. The molecule has 0 aromatic carbocycles. The van der Waals surface area contributed by atoms with Crippen LogP contribution in [-0.4, -0.2) is 41.7 Å². The first-order valence-corrected chi connectivity index (χ1v) is 10.6. The normalized spacial score (nSPS) is 17.8. The molecule has 0 N–H and O–H groups in total. The molecule has 0 saturated heterocycles. The Morgan fingerprint density at radius 1 is 1.17 bits per heavy atom. The smallest absolute Gasteiger partial charge is 0.461 e. The Labute approximate surface area is 175 Å². The van der Waals surface area contributed by atoms with Gasteiger partial charge in [0.1, 0.15) is 6.61 Å². The van der Waals surface area contributed by atoms with Crippen LogP contribution in [0.2, 0.25) is 6.82 Å². The van der Waals surface area contributed by atoms with Gasteiger partial charge >= 0.3 is 13.1 Å². The lowest BCUT2D eigenvalue weighted by atomic mass is 9.89. The summed E-state index contributed by atoms with van der Waals surface area (Å²) in [4.78, 5) is 13.9. The Bertz CT molecular complexity index is 878. The maximum atomic E-state index is 14.8. The molecule has 0 saturated carbocycles. The van der Waals surface area contributed by atoms with Crippen molar-refractivity contribution in [1.82, 2.24) is 9.38 Å². The standard InChI is InChI=1S/C23H36BFN2O2/c1-11-18-14(3)22(27(16(18)5)24(9)25)19(13-29-17(6)28)21-15(4)20(12-2)23(7,8)26(21)10/h11-13H2,1-10H3/b21-19-. The van der Waals surface area contributed by atoms with Crippen molar-refractivity contribution in [2.45, 2.75) is 80.6 Å². The van der Waals surface area contributed by atoms with Gasteiger partial charge < -0.3 is 18.4 Å². The fourth-order valence-corrected chi connectivity index (χ4v) is 5.13. The lowest BCUT2D eigenvalue weighted by Crippen LogP contribution is -2.37. The number of rotatable bonds is 6. The van der Waals surface area contributed by atoms with E-state index >= 15 is 0 Å². The third-order valence-corrected chi connectivity index (χ3v) is 6.62. The fraction of sp³-hybridized carbons (Fsp3) is 0.609. The van der Waals surface area contributed by atoms with Crippen molar-refractivity contribution in [1.29, 1.82) is 0 Å². The zero-order chi connectivity index (χ0) is 22.3. The van der Waals surface area contributed by atoms with Crippen molar-refractivity contribution >= 4 is 18.7 Å². The van der Waals surface area contributed by atoms with Crippen LogP contribution in [0.5, 0.6) is 0 Å². The molecule has 4 nitrogen and oxygen atoms in total. The number of aromatic nitrogens is 1. The molecule has 0 atom stereocenters. The van der Waals surface area contributed by atoms with E-state index in [0.717, 1.165) is 46.6 Å². The third-order valence-electron chi connectivity index (χ3n) is 6.62. The maximum absolute atomic E-state index is 14.8. The number of carbonyl (C=O) groups excluding carboxylic acids is 1. The molecule has 0 unspecified atom stereocenters. The highest BCUT2D eigenvalue weighted by atomic mass is 19.1. The first-order valence-electron chi connectivity index (χ1n) is 10.6. The van der Waals surface area contributed by atoms with E-state index in [-0.39, 0.29) is 18.1 Å². The van der Waals surface area contributed by atoms with Gasteiger partial charge in [-0.15, -0.1) is 0 Å². The van der Waals surface area contributed by atoms with Crippen molar-refractivity contribution in [2.24, 2.45) is 0 Å². The minimum Gasteiger partial charge on any atom is -0.461 e. The predicted molar refractivity (Wildman–Crippen MR) is 120 cm³/mol. The SMILES string of the molecule is CCC1=C(C)/C(=C(\COC(C)=O)c2c(C)c(CC)c(C)n2B(C)F)N(C)C1(C)C. The Hall–Kier alpha value is -1.98. The van der Waals surface area contributed by atoms with Gasteiger partial charge in [-0.25, -0.2) is 0 Å². The molecular formula is C23H36BFN2O2. The van der Waals surface area contributed by atoms with Crippen LogP contribution in [0.1, 0.15) is 70.5 Å². The van der Waals surface area contributed by atoms with E-state index in [2.05, 4.69) is 46.6 Å². The lowest BCUT2D eigenvalue weighted by molar-refractivity contribution is -0.139. The Balaban J connectivity index is 2.93. The summed E-state index contributed by atoms with van der Waals surface area (Å²) < 4.78 is 22.1. The van der Waals surface area contributed by atoms with Gasteiger partial charge in [0.25, 0.3) is 0 Å². The molecule has 0 radical (unpaired) electrons. The summed E-state index contributed by atoms with van der Waals surface area (Å²) in [5.74, 6) is -0.336. The minimum absolute atomic E-state index is 0.125. The average Bonchev–Trinajstić information content (AvgIpc) is 2.96. The van der Waals surface area contributed by atoms with E-state index in [1.165, 1.54) is 18.1 Å².